The average molecular weight is 344 g/mol. The Labute approximate surface area is 114 Å². The molecular formula is C12H13IN2O2. The molecule has 1 saturated heterocycles. The van der Waals surface area contributed by atoms with E-state index in [1.54, 1.807) is 4.90 Å². The number of nitrogens with one attached hydrogen (secondary N) is 1. The zero-order valence-electron chi connectivity index (χ0n) is 9.44. The molecule has 1 aliphatic rings. The van der Waals surface area contributed by atoms with Crippen molar-refractivity contribution in [1.82, 2.24) is 5.32 Å². The van der Waals surface area contributed by atoms with E-state index in [4.69, 9.17) is 0 Å². The molecule has 2 rings (SSSR count). The van der Waals surface area contributed by atoms with Gasteiger partial charge in [0.15, 0.2) is 0 Å². The van der Waals surface area contributed by atoms with Gasteiger partial charge in [0.1, 0.15) is 12.6 Å². The Hall–Kier alpha value is -1.11. The fourth-order valence-electron chi connectivity index (χ4n) is 1.83. The van der Waals surface area contributed by atoms with Crippen LogP contribution in [0.2, 0.25) is 0 Å². The van der Waals surface area contributed by atoms with Crippen LogP contribution < -0.4 is 10.2 Å². The molecule has 1 atom stereocenters. The van der Waals surface area contributed by atoms with Gasteiger partial charge in [0.2, 0.25) is 11.8 Å². The molecule has 1 unspecified atom stereocenters. The molecule has 0 bridgehead atoms. The zero-order valence-corrected chi connectivity index (χ0v) is 11.6. The van der Waals surface area contributed by atoms with E-state index in [9.17, 15) is 9.59 Å². The molecule has 1 aromatic rings. The van der Waals surface area contributed by atoms with E-state index in [0.717, 1.165) is 9.26 Å². The summed E-state index contributed by atoms with van der Waals surface area (Å²) in [5.74, 6) is -0.136. The van der Waals surface area contributed by atoms with E-state index in [1.165, 1.54) is 0 Å². The van der Waals surface area contributed by atoms with Gasteiger partial charge in [-0.25, -0.2) is 0 Å². The first-order valence-electron chi connectivity index (χ1n) is 5.48. The molecule has 1 aromatic carbocycles. The van der Waals surface area contributed by atoms with Gasteiger partial charge in [-0.15, -0.1) is 0 Å². The summed E-state index contributed by atoms with van der Waals surface area (Å²) in [6, 6.07) is 7.19. The van der Waals surface area contributed by atoms with Crippen LogP contribution in [0.4, 0.5) is 5.69 Å². The second-order valence-electron chi connectivity index (χ2n) is 3.93. The summed E-state index contributed by atoms with van der Waals surface area (Å²) in [5, 5.41) is 2.70. The molecule has 0 radical (unpaired) electrons. The molecule has 5 heteroatoms. The van der Waals surface area contributed by atoms with Crippen LogP contribution in [0.1, 0.15) is 13.3 Å². The summed E-state index contributed by atoms with van der Waals surface area (Å²) in [6.07, 6.45) is 0.617. The number of piperazine rings is 1. The number of carbonyl (C=O) groups is 2. The summed E-state index contributed by atoms with van der Waals surface area (Å²) < 4.78 is 1.10. The highest BCUT2D eigenvalue weighted by atomic mass is 127. The van der Waals surface area contributed by atoms with Crippen molar-refractivity contribution >= 4 is 40.1 Å². The van der Waals surface area contributed by atoms with Crippen LogP contribution in [0.15, 0.2) is 24.3 Å². The second-order valence-corrected chi connectivity index (χ2v) is 5.17. The van der Waals surface area contributed by atoms with Crippen LogP contribution in [0, 0.1) is 3.57 Å². The number of hydrogen-bond acceptors (Lipinski definition) is 2. The molecule has 4 nitrogen and oxygen atoms in total. The predicted molar refractivity (Wildman–Crippen MR) is 73.7 cm³/mol. The van der Waals surface area contributed by atoms with Gasteiger partial charge in [0.05, 0.1) is 0 Å². The third kappa shape index (κ3) is 2.59. The molecule has 0 saturated carbocycles. The number of halogens is 1. The standard InChI is InChI=1S/C12H13IN2O2/c1-2-10-12(17)15(7-11(16)14-10)9-5-3-8(13)4-6-9/h3-6,10H,2,7H2,1H3,(H,14,16). The molecule has 0 aromatic heterocycles. The van der Waals surface area contributed by atoms with Crippen molar-refractivity contribution in [3.05, 3.63) is 27.8 Å². The number of amides is 2. The summed E-state index contributed by atoms with van der Waals surface area (Å²) in [6.45, 7) is 2.00. The number of nitrogens with zero attached hydrogens (tertiary/aromatic N) is 1. The minimum atomic E-state index is -0.393. The Bertz CT molecular complexity index is 444. The number of anilines is 1. The SMILES string of the molecule is CCC1NC(=O)CN(c2ccc(I)cc2)C1=O. The van der Waals surface area contributed by atoms with Crippen molar-refractivity contribution in [1.29, 1.82) is 0 Å². The van der Waals surface area contributed by atoms with E-state index in [-0.39, 0.29) is 18.4 Å². The Kier molecular flexibility index (Phi) is 3.66. The summed E-state index contributed by atoms with van der Waals surface area (Å²) in [5.41, 5.74) is 0.781. The minimum Gasteiger partial charge on any atom is -0.343 e. The monoisotopic (exact) mass is 344 g/mol. The number of carbonyl (C=O) groups excluding carboxylic acids is 2. The van der Waals surface area contributed by atoms with E-state index < -0.39 is 6.04 Å². The van der Waals surface area contributed by atoms with Crippen molar-refractivity contribution in [3.63, 3.8) is 0 Å². The van der Waals surface area contributed by atoms with Crippen LogP contribution in [0.25, 0.3) is 0 Å². The van der Waals surface area contributed by atoms with Gasteiger partial charge >= 0.3 is 0 Å². The lowest BCUT2D eigenvalue weighted by molar-refractivity contribution is -0.131. The van der Waals surface area contributed by atoms with Gasteiger partial charge in [-0.05, 0) is 53.3 Å². The van der Waals surface area contributed by atoms with Crippen molar-refractivity contribution in [3.8, 4) is 0 Å². The molecule has 1 aliphatic heterocycles. The second kappa shape index (κ2) is 5.03. The molecule has 2 amide bonds. The largest absolute Gasteiger partial charge is 0.343 e. The smallest absolute Gasteiger partial charge is 0.250 e. The first-order chi connectivity index (χ1) is 8.11. The van der Waals surface area contributed by atoms with E-state index in [1.807, 2.05) is 31.2 Å². The lowest BCUT2D eigenvalue weighted by atomic mass is 10.1. The highest BCUT2D eigenvalue weighted by Gasteiger charge is 2.32. The molecule has 17 heavy (non-hydrogen) atoms. The van der Waals surface area contributed by atoms with Crippen LogP contribution in [-0.4, -0.2) is 24.4 Å². The van der Waals surface area contributed by atoms with Crippen molar-refractivity contribution < 1.29 is 9.59 Å². The number of hydrogen-bond donors (Lipinski definition) is 1. The quantitative estimate of drug-likeness (QED) is 0.828. The third-order valence-electron chi connectivity index (χ3n) is 2.75. The van der Waals surface area contributed by atoms with Gasteiger partial charge in [0.25, 0.3) is 0 Å². The predicted octanol–water partition coefficient (Wildman–Crippen LogP) is 1.53. The van der Waals surface area contributed by atoms with Crippen LogP contribution in [0.3, 0.4) is 0 Å². The minimum absolute atomic E-state index is 0.0340. The maximum absolute atomic E-state index is 12.1. The molecule has 1 N–H and O–H groups in total. The third-order valence-corrected chi connectivity index (χ3v) is 3.47. The van der Waals surface area contributed by atoms with Gasteiger partial charge in [-0.2, -0.15) is 0 Å². The maximum atomic E-state index is 12.1. The summed E-state index contributed by atoms with van der Waals surface area (Å²) in [7, 11) is 0. The fraction of sp³-hybridized carbons (Fsp3) is 0.333. The molecule has 0 aliphatic carbocycles. The van der Waals surface area contributed by atoms with Crippen LogP contribution in [0.5, 0.6) is 0 Å². The molecule has 90 valence electrons. The van der Waals surface area contributed by atoms with Crippen molar-refractivity contribution in [2.24, 2.45) is 0 Å². The first kappa shape index (κ1) is 12.3. The van der Waals surface area contributed by atoms with E-state index in [0.29, 0.717) is 6.42 Å². The first-order valence-corrected chi connectivity index (χ1v) is 6.56. The number of rotatable bonds is 2. The Balaban J connectivity index is 2.27. The highest BCUT2D eigenvalue weighted by molar-refractivity contribution is 14.1. The molecule has 1 fully saturated rings. The fourth-order valence-corrected chi connectivity index (χ4v) is 2.19. The highest BCUT2D eigenvalue weighted by Crippen LogP contribution is 2.19. The van der Waals surface area contributed by atoms with Gasteiger partial charge in [0, 0.05) is 9.26 Å². The van der Waals surface area contributed by atoms with E-state index in [2.05, 4.69) is 27.9 Å². The van der Waals surface area contributed by atoms with Gasteiger partial charge in [-0.1, -0.05) is 6.92 Å². The Morgan fingerprint density at radius 2 is 2.00 bits per heavy atom. The van der Waals surface area contributed by atoms with Crippen molar-refractivity contribution in [2.75, 3.05) is 11.4 Å². The summed E-state index contributed by atoms with van der Waals surface area (Å²) in [4.78, 5) is 25.2. The lowest BCUT2D eigenvalue weighted by Gasteiger charge is -2.32. The van der Waals surface area contributed by atoms with Crippen molar-refractivity contribution in [2.45, 2.75) is 19.4 Å². The summed E-state index contributed by atoms with van der Waals surface area (Å²) >= 11 is 2.21. The average Bonchev–Trinajstić information content (AvgIpc) is 2.33. The molecule has 1 heterocycles. The lowest BCUT2D eigenvalue weighted by Crippen LogP contribution is -2.58. The van der Waals surface area contributed by atoms with Crippen LogP contribution in [-0.2, 0) is 9.59 Å². The molecule has 0 spiro atoms. The number of benzene rings is 1. The van der Waals surface area contributed by atoms with Crippen LogP contribution >= 0.6 is 22.6 Å². The Morgan fingerprint density at radius 3 is 2.59 bits per heavy atom. The Morgan fingerprint density at radius 1 is 1.35 bits per heavy atom. The maximum Gasteiger partial charge on any atom is 0.250 e. The van der Waals surface area contributed by atoms with Gasteiger partial charge in [-0.3, -0.25) is 9.59 Å². The normalized spacial score (nSPS) is 20.4. The van der Waals surface area contributed by atoms with E-state index >= 15 is 0 Å². The molecular weight excluding hydrogens is 331 g/mol. The van der Waals surface area contributed by atoms with Gasteiger partial charge < -0.3 is 10.2 Å². The zero-order chi connectivity index (χ0) is 12.4. The topological polar surface area (TPSA) is 49.4 Å².